The van der Waals surface area contributed by atoms with Crippen LogP contribution in [-0.4, -0.2) is 78.2 Å². The summed E-state index contributed by atoms with van der Waals surface area (Å²) in [4.78, 5) is 70.0. The van der Waals surface area contributed by atoms with Gasteiger partial charge in [-0.05, 0) is 49.3 Å². The van der Waals surface area contributed by atoms with Gasteiger partial charge in [0.25, 0.3) is 0 Å². The van der Waals surface area contributed by atoms with Crippen LogP contribution in [0, 0.1) is 17.8 Å². The molecule has 2 aliphatic rings. The highest BCUT2D eigenvalue weighted by Gasteiger charge is 2.39. The summed E-state index contributed by atoms with van der Waals surface area (Å²) in [6.07, 6.45) is 6.36. The van der Waals surface area contributed by atoms with Crippen molar-refractivity contribution in [1.29, 1.82) is 0 Å². The third-order valence-corrected chi connectivity index (χ3v) is 9.98. The van der Waals surface area contributed by atoms with Gasteiger partial charge in [0.2, 0.25) is 17.7 Å². The van der Waals surface area contributed by atoms with Crippen molar-refractivity contribution in [3.8, 4) is 22.8 Å². The van der Waals surface area contributed by atoms with Gasteiger partial charge in [0.15, 0.2) is 0 Å². The molecule has 1 saturated carbocycles. The van der Waals surface area contributed by atoms with Crippen LogP contribution in [0.15, 0.2) is 66.2 Å². The van der Waals surface area contributed by atoms with Crippen LogP contribution in [-0.2, 0) is 28.7 Å². The van der Waals surface area contributed by atoms with Gasteiger partial charge in [-0.15, -0.1) is 0 Å². The van der Waals surface area contributed by atoms with E-state index in [1.807, 2.05) is 36.4 Å². The van der Waals surface area contributed by atoms with Gasteiger partial charge < -0.3 is 35.3 Å². The third kappa shape index (κ3) is 10.1. The van der Waals surface area contributed by atoms with Crippen molar-refractivity contribution in [3.05, 3.63) is 66.2 Å². The molecule has 0 saturated heterocycles. The van der Waals surface area contributed by atoms with E-state index in [4.69, 9.17) is 19.2 Å². The Labute approximate surface area is 315 Å². The number of nitrogens with one attached hydrogen (secondary N) is 3. The number of carboxylic acids is 1. The van der Waals surface area contributed by atoms with Crippen molar-refractivity contribution in [2.75, 3.05) is 20.3 Å². The Morgan fingerprint density at radius 2 is 1.70 bits per heavy atom. The maximum absolute atomic E-state index is 14.0. The van der Waals surface area contributed by atoms with Crippen LogP contribution < -0.4 is 25.4 Å². The molecule has 0 radical (unpaired) electrons. The number of nitrogens with zero attached hydrogens (tertiary/aromatic N) is 1. The first kappa shape index (κ1) is 39.7. The number of rotatable bonds is 16. The molecule has 0 bridgehead atoms. The highest BCUT2D eigenvalue weighted by Crippen LogP contribution is 2.36. The predicted molar refractivity (Wildman–Crippen MR) is 202 cm³/mol. The van der Waals surface area contributed by atoms with E-state index in [0.717, 1.165) is 31.2 Å². The summed E-state index contributed by atoms with van der Waals surface area (Å²) in [6.45, 7) is 5.10. The number of esters is 1. The topological polar surface area (TPSA) is 182 Å². The molecule has 3 aromatic rings. The van der Waals surface area contributed by atoms with Crippen molar-refractivity contribution < 1.29 is 43.3 Å². The fourth-order valence-electron chi connectivity index (χ4n) is 6.88. The summed E-state index contributed by atoms with van der Waals surface area (Å²) >= 11 is 0. The fourth-order valence-corrected chi connectivity index (χ4v) is 6.88. The maximum atomic E-state index is 14.0. The fraction of sp³-hybridized carbons (Fsp3) is 0.463. The van der Waals surface area contributed by atoms with Gasteiger partial charge in [-0.1, -0.05) is 70.4 Å². The second kappa shape index (κ2) is 18.5. The molecule has 1 heterocycles. The molecule has 4 N–H and O–H groups in total. The number of benzene rings is 2. The van der Waals surface area contributed by atoms with Crippen molar-refractivity contribution >= 4 is 40.6 Å². The van der Waals surface area contributed by atoms with E-state index in [1.54, 1.807) is 46.1 Å². The third-order valence-electron chi connectivity index (χ3n) is 9.98. The number of methoxy groups -OCH3 is 1. The number of aliphatic carboxylic acids is 1. The molecule has 13 heteroatoms. The highest BCUT2D eigenvalue weighted by atomic mass is 16.5. The second-order valence-electron chi connectivity index (χ2n) is 14.2. The van der Waals surface area contributed by atoms with E-state index < -0.39 is 53.8 Å². The van der Waals surface area contributed by atoms with Gasteiger partial charge in [0.1, 0.15) is 36.2 Å². The Morgan fingerprint density at radius 3 is 2.37 bits per heavy atom. The normalized spacial score (nSPS) is 18.3. The Bertz CT molecular complexity index is 1860. The summed E-state index contributed by atoms with van der Waals surface area (Å²) in [6, 6.07) is 14.5. The minimum Gasteiger partial charge on any atom is -0.497 e. The smallest absolute Gasteiger partial charge is 0.326 e. The second-order valence-corrected chi connectivity index (χ2v) is 14.2. The molecule has 1 aromatic heterocycles. The van der Waals surface area contributed by atoms with Crippen molar-refractivity contribution in [2.24, 2.45) is 17.8 Å². The monoisotopic (exact) mass is 742 g/mol. The molecule has 0 unspecified atom stereocenters. The zero-order chi connectivity index (χ0) is 38.8. The number of pyridine rings is 1. The summed E-state index contributed by atoms with van der Waals surface area (Å²) in [5.41, 5.74) is 2.12. The first-order valence-electron chi connectivity index (χ1n) is 18.7. The van der Waals surface area contributed by atoms with E-state index >= 15 is 0 Å². The van der Waals surface area contributed by atoms with E-state index in [-0.39, 0.29) is 30.9 Å². The standard InChI is InChI=1S/C41H50N4O9/c1-5-32(41(50)51)44-38(47)30-18-28(54-35-21-33(26-14-10-7-11-15-26)43-34-20-27(52-4)16-17-29(34)35)19-31(30)39(48)45-37(24(2)3)40(49)42-22-36(46)53-23-25-12-8-6-9-13-25/h7,10-11,14-17,19-21,24-25,28,30,32,37H,5-6,8-9,12-13,18,22-23H2,1-4H3,(H,42,49)(H,44,47)(H,45,48)(H,50,51)/t28-,30-,32-,37+/m0/s1. The summed E-state index contributed by atoms with van der Waals surface area (Å²) in [5.74, 6) is -3.77. The molecule has 0 aliphatic heterocycles. The van der Waals surface area contributed by atoms with Crippen molar-refractivity contribution in [1.82, 2.24) is 20.9 Å². The van der Waals surface area contributed by atoms with Gasteiger partial charge in [-0.3, -0.25) is 19.2 Å². The maximum Gasteiger partial charge on any atom is 0.326 e. The molecule has 3 amide bonds. The van der Waals surface area contributed by atoms with Gasteiger partial charge in [0.05, 0.1) is 30.8 Å². The number of hydrogen-bond donors (Lipinski definition) is 4. The van der Waals surface area contributed by atoms with Gasteiger partial charge in [0, 0.05) is 35.1 Å². The number of carbonyl (C=O) groups excluding carboxylic acids is 4. The lowest BCUT2D eigenvalue weighted by Gasteiger charge is -2.24. The quantitative estimate of drug-likeness (QED) is 0.146. The number of carbonyl (C=O) groups is 5. The molecule has 13 nitrogen and oxygen atoms in total. The average Bonchev–Trinajstić information content (AvgIpc) is 3.61. The summed E-state index contributed by atoms with van der Waals surface area (Å²) < 4.78 is 17.4. The number of fused-ring (bicyclic) bond motifs is 1. The minimum atomic E-state index is -1.20. The molecular weight excluding hydrogens is 692 g/mol. The SMILES string of the molecule is CC[C@H](NC(=O)[C@H]1C[C@H](Oc2cc(-c3ccccc3)nc3cc(OC)ccc23)C=C1C(=O)N[C@@H](C(=O)NCC(=O)OCC1CCCCC1)C(C)C)C(=O)O. The van der Waals surface area contributed by atoms with Crippen LogP contribution in [0.3, 0.4) is 0 Å². The predicted octanol–water partition coefficient (Wildman–Crippen LogP) is 4.96. The summed E-state index contributed by atoms with van der Waals surface area (Å²) in [7, 11) is 1.56. The van der Waals surface area contributed by atoms with E-state index in [1.165, 1.54) is 12.5 Å². The van der Waals surface area contributed by atoms with Crippen LogP contribution >= 0.6 is 0 Å². The largest absolute Gasteiger partial charge is 0.497 e. The first-order valence-corrected chi connectivity index (χ1v) is 18.7. The molecule has 1 fully saturated rings. The molecule has 288 valence electrons. The molecule has 54 heavy (non-hydrogen) atoms. The van der Waals surface area contributed by atoms with E-state index in [2.05, 4.69) is 16.0 Å². The van der Waals surface area contributed by atoms with E-state index in [0.29, 0.717) is 40.6 Å². The van der Waals surface area contributed by atoms with Crippen LogP contribution in [0.1, 0.15) is 65.7 Å². The van der Waals surface area contributed by atoms with Crippen LogP contribution in [0.2, 0.25) is 0 Å². The van der Waals surface area contributed by atoms with E-state index in [9.17, 15) is 29.1 Å². The molecule has 0 spiro atoms. The van der Waals surface area contributed by atoms with Gasteiger partial charge in [-0.2, -0.15) is 0 Å². The van der Waals surface area contributed by atoms with Crippen LogP contribution in [0.25, 0.3) is 22.2 Å². The van der Waals surface area contributed by atoms with Gasteiger partial charge in [-0.25, -0.2) is 9.78 Å². The Kier molecular flexibility index (Phi) is 13.6. The van der Waals surface area contributed by atoms with Crippen molar-refractivity contribution in [3.63, 3.8) is 0 Å². The Balaban J connectivity index is 1.37. The summed E-state index contributed by atoms with van der Waals surface area (Å²) in [5, 5.41) is 18.2. The lowest BCUT2D eigenvalue weighted by Crippen LogP contribution is -2.52. The lowest BCUT2D eigenvalue weighted by atomic mass is 9.90. The Morgan fingerprint density at radius 1 is 0.963 bits per heavy atom. The van der Waals surface area contributed by atoms with Gasteiger partial charge >= 0.3 is 11.9 Å². The number of carboxylic acid groups (broad SMARTS) is 1. The van der Waals surface area contributed by atoms with Crippen molar-refractivity contribution in [2.45, 2.75) is 83.9 Å². The zero-order valence-electron chi connectivity index (χ0n) is 31.3. The number of aromatic nitrogens is 1. The molecule has 5 rings (SSSR count). The lowest BCUT2D eigenvalue weighted by molar-refractivity contribution is -0.145. The molecule has 2 aliphatic carbocycles. The highest BCUT2D eigenvalue weighted by molar-refractivity contribution is 6.03. The number of hydrogen-bond acceptors (Lipinski definition) is 9. The first-order chi connectivity index (χ1) is 26.0. The molecular formula is C41H50N4O9. The molecule has 2 aromatic carbocycles. The molecule has 4 atom stereocenters. The Hall–Kier alpha value is -5.46. The number of ether oxygens (including phenoxy) is 3. The van der Waals surface area contributed by atoms with Crippen LogP contribution in [0.5, 0.6) is 11.5 Å². The average molecular weight is 743 g/mol. The number of amides is 3. The minimum absolute atomic E-state index is 0.0245. The van der Waals surface area contributed by atoms with Crippen LogP contribution in [0.4, 0.5) is 0 Å². The zero-order valence-corrected chi connectivity index (χ0v) is 31.3.